The summed E-state index contributed by atoms with van der Waals surface area (Å²) in [7, 11) is 1.92. The van der Waals surface area contributed by atoms with Crippen molar-refractivity contribution in [3.8, 4) is 6.07 Å². The van der Waals surface area contributed by atoms with Crippen molar-refractivity contribution in [2.75, 3.05) is 17.3 Å². The summed E-state index contributed by atoms with van der Waals surface area (Å²) in [6, 6.07) is 20.5. The van der Waals surface area contributed by atoms with Crippen LogP contribution in [0.5, 0.6) is 0 Å². The highest BCUT2D eigenvalue weighted by Gasteiger charge is 2.12. The number of para-hydroxylation sites is 2. The molecule has 3 rings (SSSR count). The summed E-state index contributed by atoms with van der Waals surface area (Å²) in [6.07, 6.45) is 3.21. The normalized spacial score (nSPS) is 9.92. The van der Waals surface area contributed by atoms with E-state index in [0.717, 1.165) is 11.4 Å². The summed E-state index contributed by atoms with van der Waals surface area (Å²) >= 11 is 0. The molecule has 25 heavy (non-hydrogen) atoms. The second-order valence-corrected chi connectivity index (χ2v) is 5.44. The van der Waals surface area contributed by atoms with Gasteiger partial charge in [-0.1, -0.05) is 30.3 Å². The number of amides is 1. The number of anilines is 3. The summed E-state index contributed by atoms with van der Waals surface area (Å²) in [5.41, 5.74) is 3.12. The zero-order valence-electron chi connectivity index (χ0n) is 13.7. The van der Waals surface area contributed by atoms with Crippen molar-refractivity contribution in [1.82, 2.24) is 4.98 Å². The predicted octanol–water partition coefficient (Wildman–Crippen LogP) is 3.97. The highest BCUT2D eigenvalue weighted by atomic mass is 16.1. The molecule has 0 aliphatic rings. The summed E-state index contributed by atoms with van der Waals surface area (Å²) in [4.78, 5) is 18.6. The molecule has 0 saturated heterocycles. The van der Waals surface area contributed by atoms with Gasteiger partial charge in [0.25, 0.3) is 5.91 Å². The minimum atomic E-state index is -0.307. The third kappa shape index (κ3) is 3.65. The van der Waals surface area contributed by atoms with Crippen molar-refractivity contribution in [3.05, 3.63) is 84.2 Å². The van der Waals surface area contributed by atoms with Gasteiger partial charge >= 0.3 is 0 Å². The lowest BCUT2D eigenvalue weighted by molar-refractivity contribution is 0.102. The van der Waals surface area contributed by atoms with Crippen LogP contribution in [-0.2, 0) is 0 Å². The summed E-state index contributed by atoms with van der Waals surface area (Å²) in [5, 5.41) is 11.9. The summed E-state index contributed by atoms with van der Waals surface area (Å²) in [5.74, 6) is -0.307. The van der Waals surface area contributed by atoms with Crippen LogP contribution < -0.4 is 10.2 Å². The van der Waals surface area contributed by atoms with E-state index in [9.17, 15) is 4.79 Å². The van der Waals surface area contributed by atoms with E-state index in [0.29, 0.717) is 16.8 Å². The minimum Gasteiger partial charge on any atom is -0.343 e. The van der Waals surface area contributed by atoms with Crippen LogP contribution in [0.4, 0.5) is 17.1 Å². The quantitative estimate of drug-likeness (QED) is 0.786. The first kappa shape index (κ1) is 16.2. The SMILES string of the molecule is CN(c1ccccc1)c1cncc(C(=O)Nc2ccccc2C#N)c1. The zero-order valence-corrected chi connectivity index (χ0v) is 13.7. The van der Waals surface area contributed by atoms with E-state index in [1.165, 1.54) is 6.20 Å². The van der Waals surface area contributed by atoms with E-state index < -0.39 is 0 Å². The van der Waals surface area contributed by atoms with Crippen LogP contribution in [0, 0.1) is 11.3 Å². The maximum absolute atomic E-state index is 12.5. The summed E-state index contributed by atoms with van der Waals surface area (Å²) < 4.78 is 0. The van der Waals surface area contributed by atoms with Crippen LogP contribution in [-0.4, -0.2) is 17.9 Å². The number of nitrogens with zero attached hydrogens (tertiary/aromatic N) is 3. The number of rotatable bonds is 4. The van der Waals surface area contributed by atoms with E-state index in [4.69, 9.17) is 5.26 Å². The van der Waals surface area contributed by atoms with Crippen LogP contribution in [0.3, 0.4) is 0 Å². The minimum absolute atomic E-state index is 0.307. The molecule has 0 unspecified atom stereocenters. The maximum Gasteiger partial charge on any atom is 0.257 e. The van der Waals surface area contributed by atoms with Gasteiger partial charge in [0.15, 0.2) is 0 Å². The lowest BCUT2D eigenvalue weighted by Gasteiger charge is -2.19. The van der Waals surface area contributed by atoms with Gasteiger partial charge in [-0.15, -0.1) is 0 Å². The number of nitrogens with one attached hydrogen (secondary N) is 1. The molecule has 1 aromatic heterocycles. The molecular formula is C20H16N4O. The van der Waals surface area contributed by atoms with Crippen LogP contribution in [0.1, 0.15) is 15.9 Å². The van der Waals surface area contributed by atoms with Crippen LogP contribution in [0.15, 0.2) is 73.1 Å². The molecule has 122 valence electrons. The van der Waals surface area contributed by atoms with Crippen molar-refractivity contribution in [2.45, 2.75) is 0 Å². The Hall–Kier alpha value is -3.65. The first-order chi connectivity index (χ1) is 12.2. The Morgan fingerprint density at radius 3 is 2.52 bits per heavy atom. The number of carbonyl (C=O) groups is 1. The number of pyridine rings is 1. The Labute approximate surface area is 146 Å². The summed E-state index contributed by atoms with van der Waals surface area (Å²) in [6.45, 7) is 0. The molecule has 0 radical (unpaired) electrons. The molecule has 0 saturated carbocycles. The van der Waals surface area contributed by atoms with E-state index in [-0.39, 0.29) is 5.91 Å². The van der Waals surface area contributed by atoms with Crippen molar-refractivity contribution < 1.29 is 4.79 Å². The molecule has 0 atom stereocenters. The van der Waals surface area contributed by atoms with Gasteiger partial charge in [-0.3, -0.25) is 9.78 Å². The molecular weight excluding hydrogens is 312 g/mol. The zero-order chi connectivity index (χ0) is 17.6. The van der Waals surface area contributed by atoms with E-state index in [1.807, 2.05) is 42.3 Å². The van der Waals surface area contributed by atoms with Crippen LogP contribution in [0.25, 0.3) is 0 Å². The Kier molecular flexibility index (Phi) is 4.72. The van der Waals surface area contributed by atoms with Crippen LogP contribution in [0.2, 0.25) is 0 Å². The smallest absolute Gasteiger partial charge is 0.257 e. The molecule has 1 heterocycles. The fourth-order valence-corrected chi connectivity index (χ4v) is 2.42. The predicted molar refractivity (Wildman–Crippen MR) is 97.9 cm³/mol. The third-order valence-corrected chi connectivity index (χ3v) is 3.81. The average Bonchev–Trinajstić information content (AvgIpc) is 2.68. The highest BCUT2D eigenvalue weighted by Crippen LogP contribution is 2.23. The van der Waals surface area contributed by atoms with E-state index in [1.54, 1.807) is 36.5 Å². The molecule has 5 heteroatoms. The number of aromatic nitrogens is 1. The van der Waals surface area contributed by atoms with Crippen molar-refractivity contribution in [1.29, 1.82) is 5.26 Å². The first-order valence-electron chi connectivity index (χ1n) is 7.73. The molecule has 1 N–H and O–H groups in total. The van der Waals surface area contributed by atoms with Gasteiger partial charge in [-0.2, -0.15) is 5.26 Å². The average molecular weight is 328 g/mol. The molecule has 5 nitrogen and oxygen atoms in total. The number of hydrogen-bond donors (Lipinski definition) is 1. The molecule has 3 aromatic rings. The fourth-order valence-electron chi connectivity index (χ4n) is 2.42. The first-order valence-corrected chi connectivity index (χ1v) is 7.73. The van der Waals surface area contributed by atoms with Crippen molar-refractivity contribution in [2.24, 2.45) is 0 Å². The van der Waals surface area contributed by atoms with Gasteiger partial charge < -0.3 is 10.2 Å². The van der Waals surface area contributed by atoms with Gasteiger partial charge in [0.2, 0.25) is 0 Å². The van der Waals surface area contributed by atoms with Gasteiger partial charge in [-0.05, 0) is 30.3 Å². The Morgan fingerprint density at radius 2 is 1.76 bits per heavy atom. The number of benzene rings is 2. The second kappa shape index (κ2) is 7.28. The van der Waals surface area contributed by atoms with Crippen molar-refractivity contribution in [3.63, 3.8) is 0 Å². The van der Waals surface area contributed by atoms with Gasteiger partial charge in [-0.25, -0.2) is 0 Å². The largest absolute Gasteiger partial charge is 0.343 e. The molecule has 1 amide bonds. The molecule has 0 aliphatic heterocycles. The molecule has 0 aliphatic carbocycles. The molecule has 2 aromatic carbocycles. The molecule has 0 spiro atoms. The number of hydrogen-bond acceptors (Lipinski definition) is 4. The Morgan fingerprint density at radius 1 is 1.04 bits per heavy atom. The van der Waals surface area contributed by atoms with Gasteiger partial charge in [0, 0.05) is 18.9 Å². The van der Waals surface area contributed by atoms with Gasteiger partial charge in [0.1, 0.15) is 6.07 Å². The Bertz CT molecular complexity index is 932. The lowest BCUT2D eigenvalue weighted by atomic mass is 10.1. The number of carbonyl (C=O) groups excluding carboxylic acids is 1. The number of nitriles is 1. The molecule has 0 fully saturated rings. The topological polar surface area (TPSA) is 69.0 Å². The molecule has 0 bridgehead atoms. The Balaban J connectivity index is 1.84. The fraction of sp³-hybridized carbons (Fsp3) is 0.0500. The standard InChI is InChI=1S/C20H16N4O/c1-24(17-8-3-2-4-9-17)18-11-16(13-22-14-18)20(25)23-19-10-6-5-7-15(19)12-21/h2-11,13-14H,1H3,(H,23,25). The van der Waals surface area contributed by atoms with Crippen LogP contribution >= 0.6 is 0 Å². The van der Waals surface area contributed by atoms with E-state index >= 15 is 0 Å². The van der Waals surface area contributed by atoms with Crippen molar-refractivity contribution >= 4 is 23.0 Å². The third-order valence-electron chi connectivity index (χ3n) is 3.81. The second-order valence-electron chi connectivity index (χ2n) is 5.44. The van der Waals surface area contributed by atoms with Gasteiger partial charge in [0.05, 0.1) is 28.7 Å². The van der Waals surface area contributed by atoms with E-state index in [2.05, 4.69) is 16.4 Å². The lowest BCUT2D eigenvalue weighted by Crippen LogP contribution is -2.15. The monoisotopic (exact) mass is 328 g/mol. The maximum atomic E-state index is 12.5. The highest BCUT2D eigenvalue weighted by molar-refractivity contribution is 6.05.